The van der Waals surface area contributed by atoms with Crippen molar-refractivity contribution in [3.63, 3.8) is 0 Å². The molecule has 1 aromatic heterocycles. The molecule has 1 amide bonds. The zero-order valence-corrected chi connectivity index (χ0v) is 22.1. The van der Waals surface area contributed by atoms with Crippen molar-refractivity contribution in [2.45, 2.75) is 32.4 Å². The maximum Gasteiger partial charge on any atom is 0.301 e. The van der Waals surface area contributed by atoms with Crippen LogP contribution < -0.4 is 9.64 Å². The van der Waals surface area contributed by atoms with Gasteiger partial charge >= 0.3 is 5.91 Å². The van der Waals surface area contributed by atoms with Gasteiger partial charge in [-0.25, -0.2) is 4.98 Å². The number of halogens is 2. The van der Waals surface area contributed by atoms with Crippen molar-refractivity contribution in [3.05, 3.63) is 92.5 Å². The minimum atomic E-state index is -0.945. The number of aliphatic hydroxyl groups is 1. The van der Waals surface area contributed by atoms with Gasteiger partial charge in [0.2, 0.25) is 0 Å². The van der Waals surface area contributed by atoms with E-state index in [-0.39, 0.29) is 22.5 Å². The summed E-state index contributed by atoms with van der Waals surface area (Å²) in [6.07, 6.45) is 0.712. The third-order valence-electron chi connectivity index (χ3n) is 6.61. The Labute approximate surface area is 226 Å². The molecule has 9 heteroatoms. The third kappa shape index (κ3) is 3.98. The number of benzene rings is 3. The monoisotopic (exact) mass is 550 g/mol. The summed E-state index contributed by atoms with van der Waals surface area (Å²) >= 11 is 13.8. The van der Waals surface area contributed by atoms with Crippen molar-refractivity contribution in [2.75, 3.05) is 4.90 Å². The number of aromatic nitrogens is 1. The number of carbonyl (C=O) groups is 2. The van der Waals surface area contributed by atoms with E-state index < -0.39 is 17.7 Å². The van der Waals surface area contributed by atoms with Crippen molar-refractivity contribution in [3.8, 4) is 5.75 Å². The highest BCUT2D eigenvalue weighted by Crippen LogP contribution is 2.45. The van der Waals surface area contributed by atoms with E-state index in [4.69, 9.17) is 27.9 Å². The molecular weight excluding hydrogens is 531 g/mol. The fraction of sp³-hybridized carbons (Fsp3) is 0.179. The fourth-order valence-electron chi connectivity index (χ4n) is 4.88. The fourth-order valence-corrected chi connectivity index (χ4v) is 6.27. The van der Waals surface area contributed by atoms with E-state index in [1.54, 1.807) is 36.4 Å². The second kappa shape index (κ2) is 8.87. The number of nitrogens with zero attached hydrogens (tertiary/aromatic N) is 2. The van der Waals surface area contributed by atoms with E-state index in [1.807, 2.05) is 32.0 Å². The Morgan fingerprint density at radius 2 is 1.89 bits per heavy atom. The number of ketones is 1. The Balaban J connectivity index is 1.55. The van der Waals surface area contributed by atoms with Gasteiger partial charge in [-0.1, -0.05) is 46.7 Å². The minimum Gasteiger partial charge on any atom is -0.507 e. The summed E-state index contributed by atoms with van der Waals surface area (Å²) in [7, 11) is 0. The first-order chi connectivity index (χ1) is 17.7. The molecule has 186 valence electrons. The van der Waals surface area contributed by atoms with E-state index in [2.05, 4.69) is 4.98 Å². The van der Waals surface area contributed by atoms with Gasteiger partial charge in [-0.3, -0.25) is 14.5 Å². The number of Topliss-reactive ketones (excluding diaryl/α,β-unsaturated/α-hetero) is 1. The second-order valence-corrected chi connectivity index (χ2v) is 11.1. The first-order valence-corrected chi connectivity index (χ1v) is 13.2. The Morgan fingerprint density at radius 3 is 2.68 bits per heavy atom. The quantitative estimate of drug-likeness (QED) is 0.171. The summed E-state index contributed by atoms with van der Waals surface area (Å²) < 4.78 is 6.66. The van der Waals surface area contributed by atoms with Gasteiger partial charge in [0.05, 0.1) is 31.9 Å². The van der Waals surface area contributed by atoms with Gasteiger partial charge in [-0.05, 0) is 73.0 Å². The third-order valence-corrected chi connectivity index (χ3v) is 8.37. The van der Waals surface area contributed by atoms with Crippen LogP contribution in [0.15, 0.2) is 60.2 Å². The minimum absolute atomic E-state index is 0.0249. The van der Waals surface area contributed by atoms with Crippen molar-refractivity contribution in [1.82, 2.24) is 4.98 Å². The van der Waals surface area contributed by atoms with Crippen LogP contribution in [0.3, 0.4) is 0 Å². The Hall–Kier alpha value is -3.39. The van der Waals surface area contributed by atoms with Gasteiger partial charge in [0, 0.05) is 12.0 Å². The Kier molecular flexibility index (Phi) is 5.75. The van der Waals surface area contributed by atoms with Crippen LogP contribution in [0, 0.1) is 6.92 Å². The molecule has 3 heterocycles. The predicted molar refractivity (Wildman–Crippen MR) is 146 cm³/mol. The summed E-state index contributed by atoms with van der Waals surface area (Å²) in [4.78, 5) is 32.9. The average molecular weight is 551 g/mol. The van der Waals surface area contributed by atoms with Crippen LogP contribution in [0.4, 0.5) is 5.13 Å². The second-order valence-electron chi connectivity index (χ2n) is 9.27. The van der Waals surface area contributed by atoms with E-state index in [9.17, 15) is 14.7 Å². The number of aryl methyl sites for hydroxylation is 1. The van der Waals surface area contributed by atoms with Gasteiger partial charge in [0.15, 0.2) is 5.13 Å². The normalized spacial score (nSPS) is 20.5. The van der Waals surface area contributed by atoms with E-state index in [0.29, 0.717) is 33.2 Å². The van der Waals surface area contributed by atoms with Gasteiger partial charge in [0.25, 0.3) is 5.78 Å². The molecule has 4 aromatic rings. The van der Waals surface area contributed by atoms with Gasteiger partial charge in [0.1, 0.15) is 17.6 Å². The topological polar surface area (TPSA) is 79.7 Å². The maximum atomic E-state index is 13.5. The lowest BCUT2D eigenvalue weighted by atomic mass is 9.94. The summed E-state index contributed by atoms with van der Waals surface area (Å²) in [5.41, 5.74) is 3.63. The standard InChI is InChI=1S/C28H20Cl2N2O4S/c1-13-3-7-20-22(9-13)37-28(31-20)32-24(15-4-6-18(29)19(30)12-15)23(26(34)27(32)35)25(33)16-5-8-21-17(11-16)10-14(2)36-21/h3-9,11-12,14,24,33H,10H2,1-2H3/b25-23+. The van der Waals surface area contributed by atoms with Crippen LogP contribution in [-0.2, 0) is 16.0 Å². The molecule has 2 aliphatic rings. The summed E-state index contributed by atoms with van der Waals surface area (Å²) in [6.45, 7) is 3.94. The molecule has 0 bridgehead atoms. The van der Waals surface area contributed by atoms with Crippen LogP contribution in [0.1, 0.15) is 35.2 Å². The van der Waals surface area contributed by atoms with Crippen LogP contribution in [0.5, 0.6) is 5.75 Å². The van der Waals surface area contributed by atoms with Gasteiger partial charge < -0.3 is 9.84 Å². The molecule has 37 heavy (non-hydrogen) atoms. The predicted octanol–water partition coefficient (Wildman–Crippen LogP) is 6.86. The lowest BCUT2D eigenvalue weighted by Gasteiger charge is -2.23. The van der Waals surface area contributed by atoms with Crippen molar-refractivity contribution >= 4 is 67.3 Å². The molecule has 0 saturated carbocycles. The maximum absolute atomic E-state index is 13.5. The molecule has 3 aromatic carbocycles. The molecule has 2 aliphatic heterocycles. The van der Waals surface area contributed by atoms with Crippen LogP contribution in [0.25, 0.3) is 16.0 Å². The molecular formula is C28H20Cl2N2O4S. The lowest BCUT2D eigenvalue weighted by molar-refractivity contribution is -0.132. The van der Waals surface area contributed by atoms with Crippen LogP contribution >= 0.6 is 34.5 Å². The number of aliphatic hydroxyl groups excluding tert-OH is 1. The first kappa shape index (κ1) is 24.0. The highest BCUT2D eigenvalue weighted by Gasteiger charge is 2.48. The summed E-state index contributed by atoms with van der Waals surface area (Å²) in [5, 5.41) is 12.4. The number of ether oxygens (including phenoxy) is 1. The SMILES string of the molecule is Cc1ccc2nc(N3C(=O)C(=O)/C(=C(/O)c4ccc5c(c4)CC(C)O5)C3c3ccc(Cl)c(Cl)c3)sc2c1. The molecule has 2 atom stereocenters. The van der Waals surface area contributed by atoms with Crippen LogP contribution in [-0.4, -0.2) is 27.9 Å². The van der Waals surface area contributed by atoms with Crippen molar-refractivity contribution in [2.24, 2.45) is 0 Å². The number of thiazole rings is 1. The zero-order valence-electron chi connectivity index (χ0n) is 19.8. The number of fused-ring (bicyclic) bond motifs is 2. The number of anilines is 1. The van der Waals surface area contributed by atoms with Crippen LogP contribution in [0.2, 0.25) is 10.0 Å². The molecule has 6 rings (SSSR count). The number of amides is 1. The van der Waals surface area contributed by atoms with E-state index in [0.717, 1.165) is 21.6 Å². The lowest BCUT2D eigenvalue weighted by Crippen LogP contribution is -2.29. The van der Waals surface area contributed by atoms with E-state index >= 15 is 0 Å². The first-order valence-electron chi connectivity index (χ1n) is 11.6. The number of rotatable bonds is 3. The number of hydrogen-bond donors (Lipinski definition) is 1. The zero-order chi connectivity index (χ0) is 26.0. The Bertz CT molecular complexity index is 1660. The van der Waals surface area contributed by atoms with Gasteiger partial charge in [-0.2, -0.15) is 0 Å². The number of carbonyl (C=O) groups excluding carboxylic acids is 2. The molecule has 0 radical (unpaired) electrons. The highest BCUT2D eigenvalue weighted by atomic mass is 35.5. The highest BCUT2D eigenvalue weighted by molar-refractivity contribution is 7.22. The molecule has 0 aliphatic carbocycles. The average Bonchev–Trinajstić information content (AvgIpc) is 3.52. The molecule has 6 nitrogen and oxygen atoms in total. The molecule has 2 unspecified atom stereocenters. The molecule has 1 N–H and O–H groups in total. The summed E-state index contributed by atoms with van der Waals surface area (Å²) in [5.74, 6) is -1.09. The summed E-state index contributed by atoms with van der Waals surface area (Å²) in [6, 6.07) is 15.0. The van der Waals surface area contributed by atoms with E-state index in [1.165, 1.54) is 16.2 Å². The van der Waals surface area contributed by atoms with Crippen molar-refractivity contribution in [1.29, 1.82) is 0 Å². The van der Waals surface area contributed by atoms with Gasteiger partial charge in [-0.15, -0.1) is 0 Å². The molecule has 1 saturated heterocycles. The number of hydrogen-bond acceptors (Lipinski definition) is 6. The molecule has 1 fully saturated rings. The smallest absolute Gasteiger partial charge is 0.301 e. The molecule has 0 spiro atoms. The van der Waals surface area contributed by atoms with Crippen molar-refractivity contribution < 1.29 is 19.4 Å². The Morgan fingerprint density at radius 1 is 1.08 bits per heavy atom. The largest absolute Gasteiger partial charge is 0.507 e.